The zero-order chi connectivity index (χ0) is 22.7. The molecule has 0 atom stereocenters. The van der Waals surface area contributed by atoms with Gasteiger partial charge in [0.15, 0.2) is 11.6 Å². The molecule has 0 spiro atoms. The summed E-state index contributed by atoms with van der Waals surface area (Å²) in [7, 11) is 0. The highest BCUT2D eigenvalue weighted by atomic mass is 35.5. The van der Waals surface area contributed by atoms with Crippen molar-refractivity contribution in [2.45, 2.75) is 20.5 Å². The van der Waals surface area contributed by atoms with Gasteiger partial charge < -0.3 is 14.8 Å². The summed E-state index contributed by atoms with van der Waals surface area (Å²) in [6.07, 6.45) is 1.76. The zero-order valence-electron chi connectivity index (χ0n) is 17.4. The van der Waals surface area contributed by atoms with Crippen LogP contribution in [0.4, 0.5) is 5.69 Å². The van der Waals surface area contributed by atoms with Gasteiger partial charge in [-0.05, 0) is 43.7 Å². The zero-order valence-corrected chi connectivity index (χ0v) is 19.0. The Bertz CT molecular complexity index is 1350. The van der Waals surface area contributed by atoms with Crippen molar-refractivity contribution < 1.29 is 14.3 Å². The number of ether oxygens (including phenoxy) is 2. The van der Waals surface area contributed by atoms with E-state index in [2.05, 4.69) is 10.3 Å². The number of fused-ring (bicyclic) bond motifs is 1. The van der Waals surface area contributed by atoms with Gasteiger partial charge in [-0.1, -0.05) is 29.8 Å². The van der Waals surface area contributed by atoms with Crippen molar-refractivity contribution in [3.63, 3.8) is 0 Å². The Balaban J connectivity index is 1.45. The Morgan fingerprint density at radius 3 is 2.75 bits per heavy atom. The minimum atomic E-state index is -0.354. The molecule has 2 aromatic heterocycles. The van der Waals surface area contributed by atoms with Crippen LogP contribution < -0.4 is 20.3 Å². The number of aryl methyl sites for hydroxylation is 2. The summed E-state index contributed by atoms with van der Waals surface area (Å²) < 4.78 is 13.0. The second-order valence-corrected chi connectivity index (χ2v) is 8.76. The van der Waals surface area contributed by atoms with Crippen LogP contribution in [0.5, 0.6) is 11.5 Å². The SMILES string of the molecule is Cc1cn2c(=O)cc(COc3ccc(Cl)cc3NC(=O)COc3ccccc3C)nc2s1. The highest BCUT2D eigenvalue weighted by Crippen LogP contribution is 2.29. The average molecular weight is 470 g/mol. The van der Waals surface area contributed by atoms with Crippen molar-refractivity contribution >= 4 is 39.5 Å². The molecule has 0 aliphatic carbocycles. The number of para-hydroxylation sites is 1. The molecule has 0 fully saturated rings. The lowest BCUT2D eigenvalue weighted by Gasteiger charge is -2.14. The van der Waals surface area contributed by atoms with Crippen LogP contribution in [0.15, 0.2) is 59.5 Å². The molecule has 4 rings (SSSR count). The number of hydrogen-bond acceptors (Lipinski definition) is 6. The van der Waals surface area contributed by atoms with E-state index in [0.717, 1.165) is 10.4 Å². The predicted molar refractivity (Wildman–Crippen MR) is 125 cm³/mol. The lowest BCUT2D eigenvalue weighted by molar-refractivity contribution is -0.118. The molecule has 4 aromatic rings. The molecular weight excluding hydrogens is 450 g/mol. The Kier molecular flexibility index (Phi) is 6.43. The van der Waals surface area contributed by atoms with Crippen LogP contribution in [0.1, 0.15) is 16.1 Å². The van der Waals surface area contributed by atoms with Gasteiger partial charge >= 0.3 is 0 Å². The number of aromatic nitrogens is 2. The molecular formula is C23H20ClN3O4S. The van der Waals surface area contributed by atoms with E-state index in [9.17, 15) is 9.59 Å². The highest BCUT2D eigenvalue weighted by Gasteiger charge is 2.12. The van der Waals surface area contributed by atoms with Gasteiger partial charge in [0, 0.05) is 22.2 Å². The van der Waals surface area contributed by atoms with Gasteiger partial charge in [0.1, 0.15) is 18.1 Å². The number of thiazole rings is 1. The van der Waals surface area contributed by atoms with Crippen molar-refractivity contribution in [2.24, 2.45) is 0 Å². The number of anilines is 1. The van der Waals surface area contributed by atoms with E-state index in [1.165, 1.54) is 21.8 Å². The Morgan fingerprint density at radius 1 is 1.12 bits per heavy atom. The monoisotopic (exact) mass is 469 g/mol. The molecule has 32 heavy (non-hydrogen) atoms. The number of benzene rings is 2. The molecule has 0 saturated carbocycles. The fourth-order valence-electron chi connectivity index (χ4n) is 3.06. The van der Waals surface area contributed by atoms with Crippen LogP contribution in [0.25, 0.3) is 4.96 Å². The number of rotatable bonds is 7. The summed E-state index contributed by atoms with van der Waals surface area (Å²) >= 11 is 7.53. The lowest BCUT2D eigenvalue weighted by atomic mass is 10.2. The van der Waals surface area contributed by atoms with Crippen LogP contribution in [-0.2, 0) is 11.4 Å². The normalized spacial score (nSPS) is 10.8. The fraction of sp³-hybridized carbons (Fsp3) is 0.174. The third-order valence-corrected chi connectivity index (χ3v) is 5.71. The number of halogens is 1. The molecule has 0 aliphatic rings. The van der Waals surface area contributed by atoms with E-state index in [1.54, 1.807) is 30.5 Å². The second kappa shape index (κ2) is 9.42. The minimum Gasteiger partial charge on any atom is -0.485 e. The van der Waals surface area contributed by atoms with Crippen molar-refractivity contribution in [2.75, 3.05) is 11.9 Å². The first-order valence-corrected chi connectivity index (χ1v) is 11.0. The van der Waals surface area contributed by atoms with Crippen molar-refractivity contribution in [3.8, 4) is 11.5 Å². The van der Waals surface area contributed by atoms with Gasteiger partial charge in [0.05, 0.1) is 11.4 Å². The molecule has 2 heterocycles. The van der Waals surface area contributed by atoms with Crippen molar-refractivity contribution in [1.82, 2.24) is 9.38 Å². The Morgan fingerprint density at radius 2 is 1.94 bits per heavy atom. The standard InChI is InChI=1S/C23H20ClN3O4S/c1-14-5-3-4-6-19(14)31-13-21(28)26-18-9-16(24)7-8-20(18)30-12-17-10-22(29)27-11-15(2)32-23(27)25-17/h3-11H,12-13H2,1-2H3,(H,26,28). The van der Waals surface area contributed by atoms with Crippen LogP contribution in [0.3, 0.4) is 0 Å². The number of carbonyl (C=O) groups is 1. The summed E-state index contributed by atoms with van der Waals surface area (Å²) in [5, 5.41) is 3.21. The summed E-state index contributed by atoms with van der Waals surface area (Å²) in [5.41, 5.74) is 1.66. The van der Waals surface area contributed by atoms with Gasteiger partial charge in [-0.2, -0.15) is 0 Å². The highest BCUT2D eigenvalue weighted by molar-refractivity contribution is 7.16. The van der Waals surface area contributed by atoms with Crippen LogP contribution >= 0.6 is 22.9 Å². The minimum absolute atomic E-state index is 0.0624. The van der Waals surface area contributed by atoms with Gasteiger partial charge in [-0.25, -0.2) is 4.98 Å². The summed E-state index contributed by atoms with van der Waals surface area (Å²) in [6, 6.07) is 13.8. The van der Waals surface area contributed by atoms with Crippen molar-refractivity contribution in [1.29, 1.82) is 0 Å². The van der Waals surface area contributed by atoms with E-state index >= 15 is 0 Å². The molecule has 0 aliphatic heterocycles. The van der Waals surface area contributed by atoms with Crippen LogP contribution in [-0.4, -0.2) is 21.9 Å². The third-order valence-electron chi connectivity index (χ3n) is 4.58. The maximum absolute atomic E-state index is 12.4. The molecule has 1 N–H and O–H groups in total. The summed E-state index contributed by atoms with van der Waals surface area (Å²) in [6.45, 7) is 3.72. The van der Waals surface area contributed by atoms with Gasteiger partial charge in [-0.3, -0.25) is 14.0 Å². The summed E-state index contributed by atoms with van der Waals surface area (Å²) in [4.78, 5) is 30.8. The van der Waals surface area contributed by atoms with Crippen LogP contribution in [0, 0.1) is 13.8 Å². The molecule has 0 radical (unpaired) electrons. The molecule has 9 heteroatoms. The molecule has 2 aromatic carbocycles. The molecule has 0 saturated heterocycles. The van der Waals surface area contributed by atoms with Gasteiger partial charge in [-0.15, -0.1) is 11.3 Å². The van der Waals surface area contributed by atoms with Crippen LogP contribution in [0.2, 0.25) is 5.02 Å². The predicted octanol–water partition coefficient (Wildman–Crippen LogP) is 4.62. The number of hydrogen-bond donors (Lipinski definition) is 1. The lowest BCUT2D eigenvalue weighted by Crippen LogP contribution is -2.21. The number of amides is 1. The molecule has 0 bridgehead atoms. The van der Waals surface area contributed by atoms with Gasteiger partial charge in [0.25, 0.3) is 11.5 Å². The molecule has 7 nitrogen and oxygen atoms in total. The number of carbonyl (C=O) groups excluding carboxylic acids is 1. The fourth-order valence-corrected chi connectivity index (χ4v) is 4.08. The van der Waals surface area contributed by atoms with E-state index in [1.807, 2.05) is 32.0 Å². The van der Waals surface area contributed by atoms with E-state index in [4.69, 9.17) is 21.1 Å². The quantitative estimate of drug-likeness (QED) is 0.427. The average Bonchev–Trinajstić information content (AvgIpc) is 3.13. The third kappa shape index (κ3) is 5.09. The first-order valence-electron chi connectivity index (χ1n) is 9.78. The van der Waals surface area contributed by atoms with E-state index in [0.29, 0.717) is 32.9 Å². The topological polar surface area (TPSA) is 81.9 Å². The largest absolute Gasteiger partial charge is 0.485 e. The maximum atomic E-state index is 12.4. The maximum Gasteiger partial charge on any atom is 0.262 e. The Hall–Kier alpha value is -3.36. The smallest absolute Gasteiger partial charge is 0.262 e. The summed E-state index contributed by atoms with van der Waals surface area (Å²) in [5.74, 6) is 0.692. The van der Waals surface area contributed by atoms with E-state index < -0.39 is 0 Å². The number of nitrogens with one attached hydrogen (secondary N) is 1. The first-order chi connectivity index (χ1) is 15.4. The molecule has 1 amide bonds. The molecule has 0 unspecified atom stereocenters. The van der Waals surface area contributed by atoms with Crippen molar-refractivity contribution in [3.05, 3.63) is 86.2 Å². The molecule has 164 valence electrons. The van der Waals surface area contributed by atoms with Gasteiger partial charge in [0.2, 0.25) is 0 Å². The first kappa shape index (κ1) is 21.9. The second-order valence-electron chi connectivity index (χ2n) is 7.11. The Labute approximate surface area is 193 Å². The number of nitrogens with zero attached hydrogens (tertiary/aromatic N) is 2. The van der Waals surface area contributed by atoms with E-state index in [-0.39, 0.29) is 24.7 Å².